The minimum Gasteiger partial charge on any atom is -0.481 e. The van der Waals surface area contributed by atoms with Gasteiger partial charge in [-0.2, -0.15) is 0 Å². The molecule has 0 aliphatic carbocycles. The second kappa shape index (κ2) is 28.5. The van der Waals surface area contributed by atoms with E-state index in [1.165, 1.54) is 7.11 Å². The molecule has 2 aliphatic rings. The Morgan fingerprint density at radius 2 is 1.14 bits per heavy atom. The molecular formula is C41H60N2O8. The molecule has 0 saturated carbocycles. The van der Waals surface area contributed by atoms with Crippen molar-refractivity contribution in [3.05, 3.63) is 24.3 Å². The number of ketones is 2. The lowest BCUT2D eigenvalue weighted by Gasteiger charge is -2.32. The van der Waals surface area contributed by atoms with Gasteiger partial charge in [0, 0.05) is 51.4 Å². The van der Waals surface area contributed by atoms with Crippen LogP contribution in [0.5, 0.6) is 0 Å². The van der Waals surface area contributed by atoms with Gasteiger partial charge in [0.25, 0.3) is 0 Å². The van der Waals surface area contributed by atoms with E-state index in [1.54, 1.807) is 22.0 Å². The first-order valence-corrected chi connectivity index (χ1v) is 18.8. The number of piperidine rings is 2. The van der Waals surface area contributed by atoms with Gasteiger partial charge in [0.05, 0.1) is 32.3 Å². The van der Waals surface area contributed by atoms with Gasteiger partial charge in [-0.3, -0.25) is 28.8 Å². The van der Waals surface area contributed by atoms with Crippen LogP contribution in [0.1, 0.15) is 142 Å². The lowest BCUT2D eigenvalue weighted by Crippen LogP contribution is -2.42. The number of ether oxygens (including phenoxy) is 1. The fourth-order valence-corrected chi connectivity index (χ4v) is 5.62. The Balaban J connectivity index is 0.000000510. The number of unbranched alkanes of at least 4 members (excludes halogenated alkanes) is 6. The Kier molecular flexibility index (Phi) is 25.1. The molecule has 2 aliphatic heterocycles. The van der Waals surface area contributed by atoms with Gasteiger partial charge in [-0.05, 0) is 63.5 Å². The molecule has 2 saturated heterocycles. The maximum atomic E-state index is 12.2. The summed E-state index contributed by atoms with van der Waals surface area (Å²) in [7, 11) is 1.37. The summed E-state index contributed by atoms with van der Waals surface area (Å²) in [4.78, 5) is 73.0. The average molecular weight is 709 g/mol. The van der Waals surface area contributed by atoms with E-state index in [4.69, 9.17) is 5.11 Å². The van der Waals surface area contributed by atoms with Crippen molar-refractivity contribution in [1.82, 2.24) is 9.80 Å². The summed E-state index contributed by atoms with van der Waals surface area (Å²) in [5.41, 5.74) is 0. The molecule has 0 aromatic heterocycles. The van der Waals surface area contributed by atoms with E-state index in [2.05, 4.69) is 42.3 Å². The predicted molar refractivity (Wildman–Crippen MR) is 198 cm³/mol. The summed E-state index contributed by atoms with van der Waals surface area (Å²) in [5.74, 6) is 11.3. The first-order valence-electron chi connectivity index (χ1n) is 18.8. The highest BCUT2D eigenvalue weighted by Gasteiger charge is 2.26. The highest BCUT2D eigenvalue weighted by Crippen LogP contribution is 2.20. The summed E-state index contributed by atoms with van der Waals surface area (Å²) in [6.45, 7) is 4.93. The van der Waals surface area contributed by atoms with Gasteiger partial charge >= 0.3 is 11.9 Å². The van der Waals surface area contributed by atoms with Crippen LogP contribution in [-0.2, 0) is 33.5 Å². The van der Waals surface area contributed by atoms with Crippen LogP contribution in [0.25, 0.3) is 0 Å². The van der Waals surface area contributed by atoms with Crippen LogP contribution in [0.3, 0.4) is 0 Å². The molecule has 2 rings (SSSR count). The van der Waals surface area contributed by atoms with Crippen LogP contribution in [0, 0.1) is 23.7 Å². The number of esters is 1. The third-order valence-electron chi connectivity index (χ3n) is 8.64. The van der Waals surface area contributed by atoms with E-state index in [0.29, 0.717) is 70.9 Å². The van der Waals surface area contributed by atoms with Crippen LogP contribution < -0.4 is 0 Å². The predicted octanol–water partition coefficient (Wildman–Crippen LogP) is 6.75. The standard InChI is InChI=1S/C21H31NO4.C20H29NO4/c1-3-4-7-12-19(23)16-15-18-11-10-13-20(24)22(18)17-9-6-5-8-14-21(25)26-2;1-2-3-6-11-18(22)15-14-17-10-9-12-19(23)21(17)16-8-5-4-7-13-20(24)25/h15-16,18H,3-5,7-8,10-14,17H2,1-2H3;14-15,17H,2-4,6-7,9-13,16H2,1H3,(H,24,25). The Bertz CT molecular complexity index is 1300. The minimum absolute atomic E-state index is 0.0456. The molecule has 10 heteroatoms. The molecule has 0 bridgehead atoms. The van der Waals surface area contributed by atoms with Gasteiger partial charge in [0.1, 0.15) is 0 Å². The molecule has 51 heavy (non-hydrogen) atoms. The molecule has 282 valence electrons. The Morgan fingerprint density at radius 3 is 1.55 bits per heavy atom. The maximum Gasteiger partial charge on any atom is 0.305 e. The average Bonchev–Trinajstić information content (AvgIpc) is 3.11. The van der Waals surface area contributed by atoms with Crippen LogP contribution in [-0.4, -0.2) is 82.5 Å². The zero-order chi connectivity index (χ0) is 37.7. The first kappa shape index (κ1) is 44.8. The lowest BCUT2D eigenvalue weighted by atomic mass is 10.00. The summed E-state index contributed by atoms with van der Waals surface area (Å²) in [6.07, 6.45) is 21.5. The van der Waals surface area contributed by atoms with Crippen molar-refractivity contribution in [2.45, 2.75) is 154 Å². The number of hydrogen-bond acceptors (Lipinski definition) is 7. The molecule has 2 atom stereocenters. The topological polar surface area (TPSA) is 138 Å². The van der Waals surface area contributed by atoms with Gasteiger partial charge in [-0.15, -0.1) is 11.8 Å². The maximum absolute atomic E-state index is 12.2. The largest absolute Gasteiger partial charge is 0.481 e. The number of carboxylic acid groups (broad SMARTS) is 1. The van der Waals surface area contributed by atoms with Crippen molar-refractivity contribution < 1.29 is 38.6 Å². The second-order valence-corrected chi connectivity index (χ2v) is 12.9. The molecule has 0 aromatic carbocycles. The Morgan fingerprint density at radius 1 is 0.686 bits per heavy atom. The SMILES string of the molecule is CCCCCC(=O)C=CC1CCCC(=O)N1CC#CCCCC(=O)O.CCCCCC(=O)C=CC1CCCC(=O)N1CC#CCCCC(=O)OC. The number of amides is 2. The molecule has 0 aromatic rings. The monoisotopic (exact) mass is 708 g/mol. The third-order valence-corrected chi connectivity index (χ3v) is 8.64. The Labute approximate surface area is 305 Å². The molecule has 2 heterocycles. The molecule has 1 N–H and O–H groups in total. The van der Waals surface area contributed by atoms with E-state index in [0.717, 1.165) is 64.2 Å². The quantitative estimate of drug-likeness (QED) is 0.0635. The number of carbonyl (C=O) groups excluding carboxylic acids is 5. The van der Waals surface area contributed by atoms with Crippen molar-refractivity contribution in [3.8, 4) is 23.7 Å². The zero-order valence-corrected chi connectivity index (χ0v) is 31.2. The van der Waals surface area contributed by atoms with Gasteiger partial charge in [-0.1, -0.05) is 63.5 Å². The zero-order valence-electron chi connectivity index (χ0n) is 31.2. The number of carbonyl (C=O) groups is 6. The summed E-state index contributed by atoms with van der Waals surface area (Å²) in [6, 6.07) is -0.111. The summed E-state index contributed by atoms with van der Waals surface area (Å²) >= 11 is 0. The molecule has 2 unspecified atom stereocenters. The number of hydrogen-bond donors (Lipinski definition) is 1. The lowest BCUT2D eigenvalue weighted by molar-refractivity contribution is -0.141. The molecular weight excluding hydrogens is 648 g/mol. The van der Waals surface area contributed by atoms with Crippen molar-refractivity contribution in [2.75, 3.05) is 20.2 Å². The van der Waals surface area contributed by atoms with Crippen molar-refractivity contribution >= 4 is 35.3 Å². The normalized spacial score (nSPS) is 17.2. The van der Waals surface area contributed by atoms with Gasteiger partial charge in [0.15, 0.2) is 11.6 Å². The molecule has 0 radical (unpaired) electrons. The number of methoxy groups -OCH3 is 1. The third kappa shape index (κ3) is 21.6. The number of nitrogens with zero attached hydrogens (tertiary/aromatic N) is 2. The number of likely N-dealkylation sites (tertiary alicyclic amines) is 2. The van der Waals surface area contributed by atoms with Gasteiger partial charge < -0.3 is 19.6 Å². The summed E-state index contributed by atoms with van der Waals surface area (Å²) < 4.78 is 4.58. The summed E-state index contributed by atoms with van der Waals surface area (Å²) in [5, 5.41) is 8.58. The van der Waals surface area contributed by atoms with E-state index in [1.807, 2.05) is 12.2 Å². The number of allylic oxidation sites excluding steroid dienone is 2. The molecule has 2 amide bonds. The van der Waals surface area contributed by atoms with Crippen molar-refractivity contribution in [3.63, 3.8) is 0 Å². The van der Waals surface area contributed by atoms with E-state index in [-0.39, 0.29) is 47.9 Å². The van der Waals surface area contributed by atoms with Crippen molar-refractivity contribution in [2.24, 2.45) is 0 Å². The number of rotatable bonds is 20. The minimum atomic E-state index is -0.818. The fraction of sp³-hybridized carbons (Fsp3) is 0.659. The van der Waals surface area contributed by atoms with E-state index in [9.17, 15) is 28.8 Å². The van der Waals surface area contributed by atoms with Crippen LogP contribution in [0.2, 0.25) is 0 Å². The van der Waals surface area contributed by atoms with Crippen LogP contribution in [0.4, 0.5) is 0 Å². The molecule has 2 fully saturated rings. The van der Waals surface area contributed by atoms with Crippen molar-refractivity contribution in [1.29, 1.82) is 0 Å². The molecule has 10 nitrogen and oxygen atoms in total. The highest BCUT2D eigenvalue weighted by atomic mass is 16.5. The number of carboxylic acids is 1. The Hall–Kier alpha value is -4.18. The molecule has 0 spiro atoms. The highest BCUT2D eigenvalue weighted by molar-refractivity contribution is 5.90. The van der Waals surface area contributed by atoms with Gasteiger partial charge in [0.2, 0.25) is 11.8 Å². The van der Waals surface area contributed by atoms with Crippen LogP contribution in [0.15, 0.2) is 24.3 Å². The van der Waals surface area contributed by atoms with Gasteiger partial charge in [-0.25, -0.2) is 0 Å². The first-order chi connectivity index (χ1) is 24.6. The fourth-order valence-electron chi connectivity index (χ4n) is 5.62. The van der Waals surface area contributed by atoms with E-state index < -0.39 is 5.97 Å². The van der Waals surface area contributed by atoms with E-state index >= 15 is 0 Å². The second-order valence-electron chi connectivity index (χ2n) is 12.9. The smallest absolute Gasteiger partial charge is 0.305 e. The number of aliphatic carboxylic acids is 1. The van der Waals surface area contributed by atoms with Crippen LogP contribution >= 0.6 is 0 Å².